The molecule has 1 N–H and O–H groups in total. The molecule has 0 radical (unpaired) electrons. The number of carbonyl (C=O) groups is 2. The number of hydrogen-bond acceptors (Lipinski definition) is 3. The number of amides is 2. The summed E-state index contributed by atoms with van der Waals surface area (Å²) < 4.78 is 0.987. The molecule has 0 atom stereocenters. The van der Waals surface area contributed by atoms with E-state index in [-0.39, 0.29) is 24.7 Å². The molecule has 0 unspecified atom stereocenters. The minimum absolute atomic E-state index is 0.0223. The molecule has 5 nitrogen and oxygen atoms in total. The number of anilines is 1. The molecule has 0 fully saturated rings. The summed E-state index contributed by atoms with van der Waals surface area (Å²) in [6.45, 7) is 2.54. The van der Waals surface area contributed by atoms with Crippen LogP contribution in [0.5, 0.6) is 0 Å². The fourth-order valence-electron chi connectivity index (χ4n) is 3.11. The number of nitrogens with one attached hydrogen (secondary N) is 1. The minimum atomic E-state index is -0.259. The van der Waals surface area contributed by atoms with Crippen LogP contribution in [0.3, 0.4) is 0 Å². The van der Waals surface area contributed by atoms with E-state index in [4.69, 9.17) is 0 Å². The Bertz CT molecular complexity index is 862. The molecular formula is C21H22BrN3O2. The zero-order valence-electron chi connectivity index (χ0n) is 15.2. The normalized spacial score (nSPS) is 13.9. The van der Waals surface area contributed by atoms with Crippen molar-refractivity contribution in [2.24, 2.45) is 5.10 Å². The molecule has 0 spiro atoms. The van der Waals surface area contributed by atoms with Crippen molar-refractivity contribution in [3.8, 4) is 0 Å². The van der Waals surface area contributed by atoms with E-state index in [1.165, 1.54) is 5.56 Å². The zero-order valence-corrected chi connectivity index (χ0v) is 16.8. The van der Waals surface area contributed by atoms with E-state index in [0.29, 0.717) is 12.3 Å². The van der Waals surface area contributed by atoms with Gasteiger partial charge in [-0.3, -0.25) is 9.59 Å². The Balaban J connectivity index is 1.53. The third kappa shape index (κ3) is 5.04. The van der Waals surface area contributed by atoms with Gasteiger partial charge in [0, 0.05) is 29.5 Å². The third-order valence-corrected chi connectivity index (χ3v) is 5.12. The minimum Gasteiger partial charge on any atom is -0.312 e. The first-order valence-corrected chi connectivity index (χ1v) is 9.81. The van der Waals surface area contributed by atoms with Crippen LogP contribution in [0, 0.1) is 0 Å². The van der Waals surface area contributed by atoms with Crippen molar-refractivity contribution < 1.29 is 9.59 Å². The molecule has 2 aromatic carbocycles. The maximum Gasteiger partial charge on any atom is 0.240 e. The van der Waals surface area contributed by atoms with Crippen LogP contribution >= 0.6 is 15.9 Å². The van der Waals surface area contributed by atoms with Crippen LogP contribution in [0.1, 0.15) is 37.3 Å². The topological polar surface area (TPSA) is 61.8 Å². The molecular weight excluding hydrogens is 406 g/mol. The highest BCUT2D eigenvalue weighted by Gasteiger charge is 2.22. The molecule has 6 heteroatoms. The van der Waals surface area contributed by atoms with Crippen LogP contribution in [0.4, 0.5) is 5.69 Å². The van der Waals surface area contributed by atoms with Crippen molar-refractivity contribution in [2.45, 2.75) is 32.6 Å². The summed E-state index contributed by atoms with van der Waals surface area (Å²) in [6.07, 6.45) is 2.23. The van der Waals surface area contributed by atoms with Gasteiger partial charge in [0.05, 0.1) is 5.71 Å². The van der Waals surface area contributed by atoms with Gasteiger partial charge in [-0.2, -0.15) is 5.10 Å². The summed E-state index contributed by atoms with van der Waals surface area (Å²) in [5, 5.41) is 4.13. The predicted octanol–water partition coefficient (Wildman–Crippen LogP) is 4.05. The first kappa shape index (κ1) is 19.3. The molecule has 0 saturated heterocycles. The second-order valence-electron chi connectivity index (χ2n) is 6.52. The summed E-state index contributed by atoms with van der Waals surface area (Å²) >= 11 is 3.39. The zero-order chi connectivity index (χ0) is 19.2. The van der Waals surface area contributed by atoms with Gasteiger partial charge >= 0.3 is 0 Å². The highest BCUT2D eigenvalue weighted by molar-refractivity contribution is 9.10. The highest BCUT2D eigenvalue weighted by Crippen LogP contribution is 2.27. The Labute approximate surface area is 167 Å². The van der Waals surface area contributed by atoms with E-state index in [1.807, 2.05) is 49.4 Å². The standard InChI is InChI=1S/C21H22BrN3O2/c1-15(16-8-10-18(22)11-9-16)23-24-20(26)12-13-21(27)25-14-4-6-17-5-2-3-7-19(17)25/h2-3,5,7-11H,4,6,12-14H2,1H3,(H,24,26)/b23-15+. The van der Waals surface area contributed by atoms with Crippen LogP contribution in [-0.4, -0.2) is 24.1 Å². The lowest BCUT2D eigenvalue weighted by Crippen LogP contribution is -2.36. The number of fused-ring (bicyclic) bond motifs is 1. The van der Waals surface area contributed by atoms with E-state index in [0.717, 1.165) is 28.6 Å². The van der Waals surface area contributed by atoms with Gasteiger partial charge in [-0.15, -0.1) is 0 Å². The van der Waals surface area contributed by atoms with Gasteiger partial charge < -0.3 is 4.90 Å². The van der Waals surface area contributed by atoms with Gasteiger partial charge in [0.2, 0.25) is 11.8 Å². The van der Waals surface area contributed by atoms with E-state index in [9.17, 15) is 9.59 Å². The number of halogens is 1. The van der Waals surface area contributed by atoms with Gasteiger partial charge in [-0.05, 0) is 49.1 Å². The number of aryl methyl sites for hydroxylation is 1. The molecule has 0 aromatic heterocycles. The third-order valence-electron chi connectivity index (χ3n) is 4.59. The largest absolute Gasteiger partial charge is 0.312 e. The molecule has 1 aliphatic rings. The van der Waals surface area contributed by atoms with Crippen LogP contribution in [0.25, 0.3) is 0 Å². The molecule has 140 valence electrons. The van der Waals surface area contributed by atoms with Gasteiger partial charge in [-0.1, -0.05) is 46.3 Å². The smallest absolute Gasteiger partial charge is 0.240 e. The second-order valence-corrected chi connectivity index (χ2v) is 7.43. The Morgan fingerprint density at radius 2 is 1.85 bits per heavy atom. The van der Waals surface area contributed by atoms with E-state index in [1.54, 1.807) is 4.90 Å². The average molecular weight is 428 g/mol. The summed E-state index contributed by atoms with van der Waals surface area (Å²) in [5.41, 5.74) is 6.35. The van der Waals surface area contributed by atoms with Gasteiger partial charge in [0.1, 0.15) is 0 Å². The fourth-order valence-corrected chi connectivity index (χ4v) is 3.37. The molecule has 0 saturated carbocycles. The van der Waals surface area contributed by atoms with Crippen molar-refractivity contribution in [1.29, 1.82) is 0 Å². The monoisotopic (exact) mass is 427 g/mol. The number of hydrogen-bond donors (Lipinski definition) is 1. The van der Waals surface area contributed by atoms with Gasteiger partial charge in [-0.25, -0.2) is 5.43 Å². The molecule has 2 aromatic rings. The van der Waals surface area contributed by atoms with Crippen LogP contribution in [-0.2, 0) is 16.0 Å². The highest BCUT2D eigenvalue weighted by atomic mass is 79.9. The fraction of sp³-hybridized carbons (Fsp3) is 0.286. The van der Waals surface area contributed by atoms with Crippen LogP contribution < -0.4 is 10.3 Å². The number of hydrazone groups is 1. The average Bonchev–Trinajstić information content (AvgIpc) is 2.70. The van der Waals surface area contributed by atoms with Crippen molar-refractivity contribution in [3.05, 3.63) is 64.1 Å². The molecule has 3 rings (SSSR count). The molecule has 1 aliphatic heterocycles. The number of benzene rings is 2. The predicted molar refractivity (Wildman–Crippen MR) is 111 cm³/mol. The number of carbonyl (C=O) groups excluding carboxylic acids is 2. The first-order valence-electron chi connectivity index (χ1n) is 9.02. The summed E-state index contributed by atoms with van der Waals surface area (Å²) in [4.78, 5) is 26.4. The van der Waals surface area contributed by atoms with Crippen molar-refractivity contribution in [1.82, 2.24) is 5.43 Å². The maximum absolute atomic E-state index is 12.6. The number of para-hydroxylation sites is 1. The molecule has 2 amide bonds. The van der Waals surface area contributed by atoms with Gasteiger partial charge in [0.15, 0.2) is 0 Å². The summed E-state index contributed by atoms with van der Waals surface area (Å²) in [7, 11) is 0. The van der Waals surface area contributed by atoms with Gasteiger partial charge in [0.25, 0.3) is 0 Å². The SMILES string of the molecule is C/C(=N\NC(=O)CCC(=O)N1CCCc2ccccc21)c1ccc(Br)cc1. The van der Waals surface area contributed by atoms with Crippen LogP contribution in [0.2, 0.25) is 0 Å². The molecule has 1 heterocycles. The van der Waals surface area contributed by atoms with Crippen LogP contribution in [0.15, 0.2) is 58.1 Å². The van der Waals surface area contributed by atoms with Crippen molar-refractivity contribution >= 4 is 39.1 Å². The first-order chi connectivity index (χ1) is 13.0. The Kier molecular flexibility index (Phi) is 6.40. The van der Waals surface area contributed by atoms with Crippen molar-refractivity contribution in [2.75, 3.05) is 11.4 Å². The maximum atomic E-state index is 12.6. The van der Waals surface area contributed by atoms with E-state index in [2.05, 4.69) is 32.5 Å². The Morgan fingerprint density at radius 1 is 1.11 bits per heavy atom. The lowest BCUT2D eigenvalue weighted by Gasteiger charge is -2.29. The number of nitrogens with zero attached hydrogens (tertiary/aromatic N) is 2. The van der Waals surface area contributed by atoms with E-state index < -0.39 is 0 Å². The van der Waals surface area contributed by atoms with Crippen molar-refractivity contribution in [3.63, 3.8) is 0 Å². The molecule has 0 bridgehead atoms. The summed E-state index contributed by atoms with van der Waals surface area (Å²) in [5.74, 6) is -0.281. The lowest BCUT2D eigenvalue weighted by molar-refractivity contribution is -0.125. The summed E-state index contributed by atoms with van der Waals surface area (Å²) in [6, 6.07) is 15.7. The Morgan fingerprint density at radius 3 is 2.63 bits per heavy atom. The molecule has 27 heavy (non-hydrogen) atoms. The number of rotatable bonds is 5. The molecule has 0 aliphatic carbocycles. The lowest BCUT2D eigenvalue weighted by atomic mass is 10.0. The second kappa shape index (κ2) is 8.95. The van der Waals surface area contributed by atoms with E-state index >= 15 is 0 Å². The quantitative estimate of drug-likeness (QED) is 0.577. The Hall–Kier alpha value is -2.47.